The molecule has 29 heavy (non-hydrogen) atoms. The fourth-order valence-corrected chi connectivity index (χ4v) is 3.25. The number of ether oxygens (including phenoxy) is 3. The number of carbonyl (C=O) groups excluding carboxylic acids is 1. The van der Waals surface area contributed by atoms with Crippen LogP contribution in [0.5, 0.6) is 17.2 Å². The average molecular weight is 396 g/mol. The summed E-state index contributed by atoms with van der Waals surface area (Å²) < 4.78 is 16.2. The van der Waals surface area contributed by atoms with Crippen LogP contribution in [-0.4, -0.2) is 58.4 Å². The van der Waals surface area contributed by atoms with Gasteiger partial charge in [-0.1, -0.05) is 0 Å². The van der Waals surface area contributed by atoms with Crippen LogP contribution in [0.25, 0.3) is 0 Å². The Balaban J connectivity index is 1.64. The highest BCUT2D eigenvalue weighted by Gasteiger charge is 2.23. The third-order valence-corrected chi connectivity index (χ3v) is 4.85. The van der Waals surface area contributed by atoms with Crippen molar-refractivity contribution in [3.63, 3.8) is 0 Å². The van der Waals surface area contributed by atoms with Crippen LogP contribution in [0.4, 0.5) is 16.2 Å². The van der Waals surface area contributed by atoms with Gasteiger partial charge in [0, 0.05) is 49.7 Å². The van der Waals surface area contributed by atoms with Gasteiger partial charge in [-0.2, -0.15) is 5.26 Å². The first-order valence-electron chi connectivity index (χ1n) is 9.20. The number of nitrogens with zero attached hydrogens (tertiary/aromatic N) is 3. The Morgan fingerprint density at radius 3 is 2.03 bits per heavy atom. The number of nitriles is 1. The normalized spacial score (nSPS) is 13.4. The van der Waals surface area contributed by atoms with E-state index in [1.54, 1.807) is 50.5 Å². The summed E-state index contributed by atoms with van der Waals surface area (Å²) in [6, 6.07) is 12.5. The maximum Gasteiger partial charge on any atom is 0.321 e. The molecule has 1 saturated heterocycles. The monoisotopic (exact) mass is 396 g/mol. The molecule has 0 aromatic heterocycles. The van der Waals surface area contributed by atoms with E-state index in [0.717, 1.165) is 5.69 Å². The Labute approximate surface area is 170 Å². The molecule has 1 heterocycles. The van der Waals surface area contributed by atoms with Gasteiger partial charge in [0.05, 0.1) is 33.0 Å². The molecule has 3 rings (SSSR count). The number of amides is 2. The molecule has 1 fully saturated rings. The van der Waals surface area contributed by atoms with Crippen molar-refractivity contribution in [3.05, 3.63) is 42.0 Å². The van der Waals surface area contributed by atoms with E-state index in [2.05, 4.69) is 16.3 Å². The van der Waals surface area contributed by atoms with E-state index in [1.165, 1.54) is 0 Å². The molecule has 0 aliphatic carbocycles. The number of rotatable bonds is 5. The molecule has 1 aliphatic rings. The van der Waals surface area contributed by atoms with Crippen LogP contribution in [0.3, 0.4) is 0 Å². The minimum absolute atomic E-state index is 0.153. The quantitative estimate of drug-likeness (QED) is 0.836. The number of urea groups is 1. The Morgan fingerprint density at radius 1 is 0.966 bits per heavy atom. The van der Waals surface area contributed by atoms with Gasteiger partial charge in [0.15, 0.2) is 11.5 Å². The van der Waals surface area contributed by atoms with E-state index in [4.69, 9.17) is 19.5 Å². The van der Waals surface area contributed by atoms with Crippen molar-refractivity contribution in [1.29, 1.82) is 5.26 Å². The topological polar surface area (TPSA) is 87.1 Å². The van der Waals surface area contributed by atoms with E-state index in [1.807, 2.05) is 12.1 Å². The van der Waals surface area contributed by atoms with Crippen molar-refractivity contribution in [1.82, 2.24) is 4.90 Å². The standard InChI is InChI=1S/C21H24N4O4/c1-27-18-12-17(13-19(28-2)20(18)29-3)24-8-10-25(11-9-24)21(26)23-16-6-4-15(14-22)5-7-16/h4-7,12-13H,8-11H2,1-3H3,(H,23,26). The molecule has 0 atom stereocenters. The number of hydrogen-bond acceptors (Lipinski definition) is 6. The van der Waals surface area contributed by atoms with E-state index in [-0.39, 0.29) is 6.03 Å². The van der Waals surface area contributed by atoms with Gasteiger partial charge in [-0.05, 0) is 24.3 Å². The zero-order valence-corrected chi connectivity index (χ0v) is 16.8. The smallest absolute Gasteiger partial charge is 0.321 e. The van der Waals surface area contributed by atoms with Crippen LogP contribution < -0.4 is 24.4 Å². The first-order chi connectivity index (χ1) is 14.1. The third kappa shape index (κ3) is 4.46. The summed E-state index contributed by atoms with van der Waals surface area (Å²) in [5.41, 5.74) is 2.18. The van der Waals surface area contributed by atoms with E-state index in [0.29, 0.717) is 54.7 Å². The number of piperazine rings is 1. The highest BCUT2D eigenvalue weighted by molar-refractivity contribution is 5.89. The van der Waals surface area contributed by atoms with Gasteiger partial charge in [-0.3, -0.25) is 0 Å². The fraction of sp³-hybridized carbons (Fsp3) is 0.333. The van der Waals surface area contributed by atoms with Crippen molar-refractivity contribution in [2.24, 2.45) is 0 Å². The van der Waals surface area contributed by atoms with Crippen LogP contribution >= 0.6 is 0 Å². The summed E-state index contributed by atoms with van der Waals surface area (Å²) in [5.74, 6) is 1.75. The lowest BCUT2D eigenvalue weighted by Gasteiger charge is -2.36. The van der Waals surface area contributed by atoms with Gasteiger partial charge in [0.2, 0.25) is 5.75 Å². The Hall–Kier alpha value is -3.60. The zero-order chi connectivity index (χ0) is 20.8. The number of hydrogen-bond donors (Lipinski definition) is 1. The van der Waals surface area contributed by atoms with E-state index >= 15 is 0 Å². The number of carbonyl (C=O) groups is 1. The predicted molar refractivity (Wildman–Crippen MR) is 110 cm³/mol. The van der Waals surface area contributed by atoms with Crippen LogP contribution in [0, 0.1) is 11.3 Å². The lowest BCUT2D eigenvalue weighted by Crippen LogP contribution is -2.50. The highest BCUT2D eigenvalue weighted by atomic mass is 16.5. The lowest BCUT2D eigenvalue weighted by atomic mass is 10.2. The minimum atomic E-state index is -0.153. The molecule has 0 saturated carbocycles. The average Bonchev–Trinajstić information content (AvgIpc) is 2.78. The predicted octanol–water partition coefficient (Wildman–Crippen LogP) is 2.94. The molecular formula is C21H24N4O4. The molecule has 8 nitrogen and oxygen atoms in total. The molecule has 0 unspecified atom stereocenters. The number of methoxy groups -OCH3 is 3. The summed E-state index contributed by atoms with van der Waals surface area (Å²) >= 11 is 0. The molecule has 8 heteroatoms. The van der Waals surface area contributed by atoms with Gasteiger partial charge < -0.3 is 29.3 Å². The molecule has 0 bridgehead atoms. The molecule has 0 spiro atoms. The molecule has 1 aliphatic heterocycles. The first kappa shape index (κ1) is 20.1. The van der Waals surface area contributed by atoms with Crippen molar-refractivity contribution < 1.29 is 19.0 Å². The van der Waals surface area contributed by atoms with Crippen molar-refractivity contribution in [2.75, 3.05) is 57.7 Å². The Bertz CT molecular complexity index is 875. The Morgan fingerprint density at radius 2 is 1.55 bits per heavy atom. The van der Waals surface area contributed by atoms with Gasteiger partial charge in [0.25, 0.3) is 0 Å². The van der Waals surface area contributed by atoms with Crippen LogP contribution in [-0.2, 0) is 0 Å². The second-order valence-electron chi connectivity index (χ2n) is 6.48. The fourth-order valence-electron chi connectivity index (χ4n) is 3.25. The van der Waals surface area contributed by atoms with Gasteiger partial charge >= 0.3 is 6.03 Å². The van der Waals surface area contributed by atoms with Crippen molar-refractivity contribution in [2.45, 2.75) is 0 Å². The number of anilines is 2. The molecule has 152 valence electrons. The summed E-state index contributed by atoms with van der Waals surface area (Å²) in [4.78, 5) is 16.5. The molecule has 2 amide bonds. The maximum absolute atomic E-state index is 12.5. The zero-order valence-electron chi connectivity index (χ0n) is 16.8. The van der Waals surface area contributed by atoms with Gasteiger partial charge in [0.1, 0.15) is 0 Å². The third-order valence-electron chi connectivity index (χ3n) is 4.85. The van der Waals surface area contributed by atoms with E-state index in [9.17, 15) is 4.79 Å². The lowest BCUT2D eigenvalue weighted by molar-refractivity contribution is 0.208. The van der Waals surface area contributed by atoms with Gasteiger partial charge in [-0.15, -0.1) is 0 Å². The highest BCUT2D eigenvalue weighted by Crippen LogP contribution is 2.41. The van der Waals surface area contributed by atoms with Gasteiger partial charge in [-0.25, -0.2) is 4.79 Å². The molecule has 2 aromatic carbocycles. The second kappa shape index (κ2) is 9.06. The molecule has 2 aromatic rings. The second-order valence-corrected chi connectivity index (χ2v) is 6.48. The van der Waals surface area contributed by atoms with Crippen molar-refractivity contribution in [3.8, 4) is 23.3 Å². The van der Waals surface area contributed by atoms with Crippen LogP contribution in [0.1, 0.15) is 5.56 Å². The largest absolute Gasteiger partial charge is 0.493 e. The SMILES string of the molecule is COc1cc(N2CCN(C(=O)Nc3ccc(C#N)cc3)CC2)cc(OC)c1OC. The van der Waals surface area contributed by atoms with Crippen LogP contribution in [0.15, 0.2) is 36.4 Å². The molecule has 0 radical (unpaired) electrons. The number of benzene rings is 2. The summed E-state index contributed by atoms with van der Waals surface area (Å²) in [7, 11) is 4.75. The summed E-state index contributed by atoms with van der Waals surface area (Å²) in [6.45, 7) is 2.52. The summed E-state index contributed by atoms with van der Waals surface area (Å²) in [5, 5.41) is 11.7. The first-order valence-corrected chi connectivity index (χ1v) is 9.20. The number of nitrogens with one attached hydrogen (secondary N) is 1. The minimum Gasteiger partial charge on any atom is -0.493 e. The maximum atomic E-state index is 12.5. The van der Waals surface area contributed by atoms with E-state index < -0.39 is 0 Å². The molecule has 1 N–H and O–H groups in total. The Kier molecular flexibility index (Phi) is 6.29. The van der Waals surface area contributed by atoms with Crippen LogP contribution in [0.2, 0.25) is 0 Å². The summed E-state index contributed by atoms with van der Waals surface area (Å²) in [6.07, 6.45) is 0. The molecular weight excluding hydrogens is 372 g/mol. The van der Waals surface area contributed by atoms with Crippen molar-refractivity contribution >= 4 is 17.4 Å².